The van der Waals surface area contributed by atoms with Crippen LogP contribution >= 0.6 is 0 Å². The summed E-state index contributed by atoms with van der Waals surface area (Å²) in [6, 6.07) is 2.29. The molecular weight excluding hydrogens is 297 g/mol. The fourth-order valence-electron chi connectivity index (χ4n) is 2.22. The summed E-state index contributed by atoms with van der Waals surface area (Å²) in [4.78, 5) is -0.143. The fraction of sp³-hybridized carbons (Fsp3) is 0.333. The van der Waals surface area contributed by atoms with Gasteiger partial charge in [-0.15, -0.1) is 10.2 Å². The maximum Gasteiger partial charge on any atom is 0.243 e. The second kappa shape index (κ2) is 4.78. The molecule has 0 saturated carbocycles. The van der Waals surface area contributed by atoms with Crippen LogP contribution in [0.4, 0.5) is 10.1 Å². The van der Waals surface area contributed by atoms with Crippen molar-refractivity contribution in [1.29, 1.82) is 0 Å². The SMILES string of the molecule is Cc1c(N)cc(S(=O)(=O)N2CCn3cnnc3C2)cc1F. The molecule has 0 spiro atoms. The van der Waals surface area contributed by atoms with E-state index in [0.717, 1.165) is 6.07 Å². The largest absolute Gasteiger partial charge is 0.398 e. The smallest absolute Gasteiger partial charge is 0.243 e. The lowest BCUT2D eigenvalue weighted by atomic mass is 10.2. The van der Waals surface area contributed by atoms with Crippen molar-refractivity contribution < 1.29 is 12.8 Å². The molecule has 0 unspecified atom stereocenters. The van der Waals surface area contributed by atoms with Crippen LogP contribution in [0.25, 0.3) is 0 Å². The van der Waals surface area contributed by atoms with Gasteiger partial charge in [-0.25, -0.2) is 12.8 Å². The Morgan fingerprint density at radius 3 is 2.81 bits per heavy atom. The molecule has 3 rings (SSSR count). The lowest BCUT2D eigenvalue weighted by molar-refractivity contribution is 0.335. The summed E-state index contributed by atoms with van der Waals surface area (Å²) >= 11 is 0. The van der Waals surface area contributed by atoms with Crippen LogP contribution in [0.3, 0.4) is 0 Å². The highest BCUT2D eigenvalue weighted by molar-refractivity contribution is 7.89. The molecule has 2 aromatic rings. The van der Waals surface area contributed by atoms with Gasteiger partial charge in [-0.05, 0) is 19.1 Å². The first-order chi connectivity index (χ1) is 9.89. The molecule has 7 nitrogen and oxygen atoms in total. The second-order valence-electron chi connectivity index (χ2n) is 4.90. The van der Waals surface area contributed by atoms with Crippen LogP contribution in [0, 0.1) is 12.7 Å². The van der Waals surface area contributed by atoms with Gasteiger partial charge in [-0.1, -0.05) is 0 Å². The van der Waals surface area contributed by atoms with Gasteiger partial charge in [0.15, 0.2) is 0 Å². The molecule has 0 saturated heterocycles. The molecule has 112 valence electrons. The molecule has 1 aliphatic rings. The highest BCUT2D eigenvalue weighted by Gasteiger charge is 2.30. The summed E-state index contributed by atoms with van der Waals surface area (Å²) in [5.41, 5.74) is 6.02. The molecule has 0 amide bonds. The third-order valence-electron chi connectivity index (χ3n) is 3.60. The first-order valence-electron chi connectivity index (χ1n) is 6.32. The van der Waals surface area contributed by atoms with E-state index in [1.807, 2.05) is 0 Å². The van der Waals surface area contributed by atoms with Gasteiger partial charge in [0.2, 0.25) is 10.0 Å². The zero-order valence-corrected chi connectivity index (χ0v) is 12.1. The highest BCUT2D eigenvalue weighted by Crippen LogP contribution is 2.25. The molecule has 1 aromatic heterocycles. The monoisotopic (exact) mass is 311 g/mol. The van der Waals surface area contributed by atoms with Crippen molar-refractivity contribution in [3.05, 3.63) is 35.7 Å². The van der Waals surface area contributed by atoms with Crippen LogP contribution in [0.15, 0.2) is 23.4 Å². The van der Waals surface area contributed by atoms with Crippen LogP contribution in [0.1, 0.15) is 11.4 Å². The fourth-order valence-corrected chi connectivity index (χ4v) is 3.66. The maximum absolute atomic E-state index is 13.7. The number of fused-ring (bicyclic) bond motifs is 1. The molecule has 21 heavy (non-hydrogen) atoms. The van der Waals surface area contributed by atoms with Crippen LogP contribution < -0.4 is 5.73 Å². The number of rotatable bonds is 2. The first-order valence-corrected chi connectivity index (χ1v) is 7.76. The minimum absolute atomic E-state index is 0.109. The summed E-state index contributed by atoms with van der Waals surface area (Å²) in [7, 11) is -3.81. The van der Waals surface area contributed by atoms with Crippen molar-refractivity contribution in [3.63, 3.8) is 0 Å². The number of anilines is 1. The third kappa shape index (κ3) is 2.28. The summed E-state index contributed by atoms with van der Waals surface area (Å²) < 4.78 is 41.9. The van der Waals surface area contributed by atoms with Gasteiger partial charge in [0.1, 0.15) is 18.0 Å². The van der Waals surface area contributed by atoms with E-state index in [1.165, 1.54) is 17.3 Å². The maximum atomic E-state index is 13.7. The normalized spacial score (nSPS) is 15.9. The van der Waals surface area contributed by atoms with Gasteiger partial charge in [-0.3, -0.25) is 0 Å². The summed E-state index contributed by atoms with van der Waals surface area (Å²) in [6.07, 6.45) is 1.56. The molecule has 1 aromatic carbocycles. The number of halogens is 1. The molecule has 1 aliphatic heterocycles. The molecule has 0 bridgehead atoms. The Labute approximate surface area is 121 Å². The van der Waals surface area contributed by atoms with Gasteiger partial charge >= 0.3 is 0 Å². The minimum Gasteiger partial charge on any atom is -0.398 e. The van der Waals surface area contributed by atoms with Crippen molar-refractivity contribution in [2.24, 2.45) is 0 Å². The predicted molar refractivity (Wildman–Crippen MR) is 73.2 cm³/mol. The van der Waals surface area contributed by atoms with Crippen molar-refractivity contribution in [1.82, 2.24) is 19.1 Å². The minimum atomic E-state index is -3.81. The van der Waals surface area contributed by atoms with E-state index >= 15 is 0 Å². The Kier molecular flexibility index (Phi) is 3.18. The van der Waals surface area contributed by atoms with Gasteiger partial charge in [-0.2, -0.15) is 4.31 Å². The lowest BCUT2D eigenvalue weighted by Gasteiger charge is -2.26. The van der Waals surface area contributed by atoms with Crippen molar-refractivity contribution >= 4 is 15.7 Å². The molecule has 0 atom stereocenters. The molecule has 9 heteroatoms. The van der Waals surface area contributed by atoms with Crippen molar-refractivity contribution in [2.45, 2.75) is 24.9 Å². The Morgan fingerprint density at radius 2 is 2.10 bits per heavy atom. The van der Waals surface area contributed by atoms with Gasteiger partial charge in [0.05, 0.1) is 11.4 Å². The molecule has 0 radical (unpaired) electrons. The Hall–Kier alpha value is -2.00. The van der Waals surface area contributed by atoms with Crippen molar-refractivity contribution in [3.8, 4) is 0 Å². The van der Waals surface area contributed by atoms with E-state index < -0.39 is 15.8 Å². The summed E-state index contributed by atoms with van der Waals surface area (Å²) in [5, 5.41) is 7.62. The molecule has 0 aliphatic carbocycles. The number of nitrogen functional groups attached to an aromatic ring is 1. The Balaban J connectivity index is 1.98. The molecule has 0 fully saturated rings. The van der Waals surface area contributed by atoms with Gasteiger partial charge in [0, 0.05) is 24.3 Å². The van der Waals surface area contributed by atoms with E-state index in [2.05, 4.69) is 10.2 Å². The average molecular weight is 311 g/mol. The van der Waals surface area contributed by atoms with Gasteiger partial charge < -0.3 is 10.3 Å². The van der Waals surface area contributed by atoms with E-state index in [0.29, 0.717) is 12.4 Å². The van der Waals surface area contributed by atoms with E-state index in [-0.39, 0.29) is 29.2 Å². The van der Waals surface area contributed by atoms with E-state index in [4.69, 9.17) is 5.73 Å². The quantitative estimate of drug-likeness (QED) is 0.816. The van der Waals surface area contributed by atoms with Crippen LogP contribution in [-0.2, 0) is 23.1 Å². The number of sulfonamides is 1. The third-order valence-corrected chi connectivity index (χ3v) is 5.42. The Morgan fingerprint density at radius 1 is 1.33 bits per heavy atom. The molecule has 2 heterocycles. The topological polar surface area (TPSA) is 94.1 Å². The lowest BCUT2D eigenvalue weighted by Crippen LogP contribution is -2.38. The molecule has 2 N–H and O–H groups in total. The number of hydrogen-bond donors (Lipinski definition) is 1. The number of aromatic nitrogens is 3. The van der Waals surface area contributed by atoms with Crippen molar-refractivity contribution in [2.75, 3.05) is 12.3 Å². The first kappa shape index (κ1) is 14.0. The van der Waals surface area contributed by atoms with E-state index in [9.17, 15) is 12.8 Å². The van der Waals surface area contributed by atoms with Crippen LogP contribution in [0.2, 0.25) is 0 Å². The van der Waals surface area contributed by atoms with Crippen LogP contribution in [-0.4, -0.2) is 34.0 Å². The number of nitrogens with two attached hydrogens (primary N) is 1. The zero-order valence-electron chi connectivity index (χ0n) is 11.3. The summed E-state index contributed by atoms with van der Waals surface area (Å²) in [5.74, 6) is -0.0702. The second-order valence-corrected chi connectivity index (χ2v) is 6.84. The predicted octanol–water partition coefficient (Wildman–Crippen LogP) is 0.512. The van der Waals surface area contributed by atoms with Gasteiger partial charge in [0.25, 0.3) is 0 Å². The average Bonchev–Trinajstić information content (AvgIpc) is 2.91. The standard InChI is InChI=1S/C12H14FN5O2S/c1-8-10(13)4-9(5-11(8)14)21(19,20)18-3-2-17-7-15-16-12(17)6-18/h4-5,7H,2-3,6,14H2,1H3. The summed E-state index contributed by atoms with van der Waals surface area (Å²) in [6.45, 7) is 2.36. The number of benzene rings is 1. The number of nitrogens with zero attached hydrogens (tertiary/aromatic N) is 4. The Bertz CT molecular complexity index is 779. The number of hydrogen-bond acceptors (Lipinski definition) is 5. The zero-order chi connectivity index (χ0) is 15.2. The molecular formula is C12H14FN5O2S. The van der Waals surface area contributed by atoms with Crippen LogP contribution in [0.5, 0.6) is 0 Å². The van der Waals surface area contributed by atoms with E-state index in [1.54, 1.807) is 10.9 Å². The highest BCUT2D eigenvalue weighted by atomic mass is 32.2.